The van der Waals surface area contributed by atoms with Crippen molar-refractivity contribution in [1.29, 1.82) is 0 Å². The minimum Gasteiger partial charge on any atom is -0.478 e. The normalized spacial score (nSPS) is 10.2. The van der Waals surface area contributed by atoms with Gasteiger partial charge in [-0.05, 0) is 49.9 Å². The molecule has 0 aliphatic carbocycles. The number of hydrogen-bond acceptors (Lipinski definition) is 3. The van der Waals surface area contributed by atoms with E-state index in [1.54, 1.807) is 27.7 Å². The first-order valence-corrected chi connectivity index (χ1v) is 5.29. The van der Waals surface area contributed by atoms with E-state index in [1.165, 1.54) is 6.92 Å². The molecule has 1 aromatic carbocycles. The van der Waals surface area contributed by atoms with E-state index in [-0.39, 0.29) is 5.56 Å². The van der Waals surface area contributed by atoms with Crippen molar-refractivity contribution in [3.8, 4) is 5.75 Å². The zero-order valence-electron chi connectivity index (χ0n) is 10.7. The van der Waals surface area contributed by atoms with Gasteiger partial charge in [0.15, 0.2) is 0 Å². The van der Waals surface area contributed by atoms with Crippen LogP contribution in [0.25, 0.3) is 0 Å². The average molecular weight is 236 g/mol. The molecule has 17 heavy (non-hydrogen) atoms. The van der Waals surface area contributed by atoms with E-state index >= 15 is 0 Å². The molecule has 0 aromatic heterocycles. The standard InChI is InChI=1S/C13H16O4/c1-6-8(3)12(17-10(5)14)9(4)7(2)11(6)13(15)16/h1-5H3,(H,15,16). The lowest BCUT2D eigenvalue weighted by Gasteiger charge is -2.17. The zero-order valence-corrected chi connectivity index (χ0v) is 10.7. The van der Waals surface area contributed by atoms with Crippen LogP contribution in [0.4, 0.5) is 0 Å². The van der Waals surface area contributed by atoms with Crippen LogP contribution < -0.4 is 4.74 Å². The molecule has 0 amide bonds. The number of carboxylic acid groups (broad SMARTS) is 1. The van der Waals surface area contributed by atoms with Gasteiger partial charge in [0.2, 0.25) is 0 Å². The Balaban J connectivity index is 3.58. The largest absolute Gasteiger partial charge is 0.478 e. The number of carbonyl (C=O) groups excluding carboxylic acids is 1. The number of rotatable bonds is 2. The van der Waals surface area contributed by atoms with Crippen molar-refractivity contribution in [2.75, 3.05) is 0 Å². The molecule has 0 saturated heterocycles. The van der Waals surface area contributed by atoms with Crippen LogP contribution in [0.1, 0.15) is 39.5 Å². The van der Waals surface area contributed by atoms with E-state index in [9.17, 15) is 9.59 Å². The molecule has 0 aliphatic heterocycles. The number of hydrogen-bond donors (Lipinski definition) is 1. The van der Waals surface area contributed by atoms with E-state index < -0.39 is 11.9 Å². The molecule has 0 bridgehead atoms. The maximum absolute atomic E-state index is 11.2. The van der Waals surface area contributed by atoms with Gasteiger partial charge >= 0.3 is 11.9 Å². The van der Waals surface area contributed by atoms with Crippen LogP contribution in [0.3, 0.4) is 0 Å². The van der Waals surface area contributed by atoms with E-state index in [0.29, 0.717) is 28.0 Å². The van der Waals surface area contributed by atoms with Crippen LogP contribution in [0.2, 0.25) is 0 Å². The van der Waals surface area contributed by atoms with Gasteiger partial charge in [-0.2, -0.15) is 0 Å². The number of ether oxygens (including phenoxy) is 1. The summed E-state index contributed by atoms with van der Waals surface area (Å²) >= 11 is 0. The lowest BCUT2D eigenvalue weighted by molar-refractivity contribution is -0.131. The van der Waals surface area contributed by atoms with Crippen LogP contribution in [0.15, 0.2) is 0 Å². The summed E-state index contributed by atoms with van der Waals surface area (Å²) in [5, 5.41) is 9.16. The maximum atomic E-state index is 11.2. The summed E-state index contributed by atoms with van der Waals surface area (Å²) in [7, 11) is 0. The highest BCUT2D eigenvalue weighted by atomic mass is 16.5. The summed E-state index contributed by atoms with van der Waals surface area (Å²) in [6.07, 6.45) is 0. The molecular weight excluding hydrogens is 220 g/mol. The van der Waals surface area contributed by atoms with Gasteiger partial charge in [0.05, 0.1) is 5.56 Å². The summed E-state index contributed by atoms with van der Waals surface area (Å²) < 4.78 is 5.14. The Morgan fingerprint density at radius 2 is 1.35 bits per heavy atom. The lowest BCUT2D eigenvalue weighted by atomic mass is 9.93. The lowest BCUT2D eigenvalue weighted by Crippen LogP contribution is -2.11. The van der Waals surface area contributed by atoms with Crippen molar-refractivity contribution in [2.45, 2.75) is 34.6 Å². The third kappa shape index (κ3) is 2.30. The molecule has 1 N–H and O–H groups in total. The number of esters is 1. The highest BCUT2D eigenvalue weighted by Gasteiger charge is 2.20. The topological polar surface area (TPSA) is 63.6 Å². The van der Waals surface area contributed by atoms with Crippen LogP contribution in [-0.2, 0) is 4.79 Å². The molecule has 4 heteroatoms. The SMILES string of the molecule is CC(=O)Oc1c(C)c(C)c(C(=O)O)c(C)c1C. The number of carbonyl (C=O) groups is 2. The fourth-order valence-electron chi connectivity index (χ4n) is 1.90. The highest BCUT2D eigenvalue weighted by molar-refractivity contribution is 5.92. The van der Waals surface area contributed by atoms with Gasteiger partial charge in [0, 0.05) is 6.92 Å². The van der Waals surface area contributed by atoms with Gasteiger partial charge in [-0.1, -0.05) is 0 Å². The second kappa shape index (κ2) is 4.57. The number of benzene rings is 1. The van der Waals surface area contributed by atoms with Gasteiger partial charge in [-0.15, -0.1) is 0 Å². The predicted octanol–water partition coefficient (Wildman–Crippen LogP) is 2.54. The van der Waals surface area contributed by atoms with Crippen molar-refractivity contribution in [3.05, 3.63) is 27.8 Å². The van der Waals surface area contributed by atoms with Crippen LogP contribution in [0.5, 0.6) is 5.75 Å². The Morgan fingerprint density at radius 3 is 1.65 bits per heavy atom. The summed E-state index contributed by atoms with van der Waals surface area (Å²) in [5.74, 6) is -0.892. The average Bonchev–Trinajstić information content (AvgIpc) is 2.21. The summed E-state index contributed by atoms with van der Waals surface area (Å²) in [6.45, 7) is 8.28. The van der Waals surface area contributed by atoms with Crippen molar-refractivity contribution < 1.29 is 19.4 Å². The third-order valence-electron chi connectivity index (χ3n) is 3.02. The van der Waals surface area contributed by atoms with Crippen molar-refractivity contribution in [2.24, 2.45) is 0 Å². The smallest absolute Gasteiger partial charge is 0.336 e. The molecule has 0 heterocycles. The van der Waals surface area contributed by atoms with Gasteiger partial charge < -0.3 is 9.84 Å². The Labute approximate surface area is 100 Å². The number of carboxylic acids is 1. The summed E-state index contributed by atoms with van der Waals surface area (Å²) in [6, 6.07) is 0. The Morgan fingerprint density at radius 1 is 0.941 bits per heavy atom. The second-order valence-electron chi connectivity index (χ2n) is 4.10. The predicted molar refractivity (Wildman–Crippen MR) is 63.7 cm³/mol. The van der Waals surface area contributed by atoms with Gasteiger partial charge in [0.25, 0.3) is 0 Å². The fourth-order valence-corrected chi connectivity index (χ4v) is 1.90. The first-order chi connectivity index (χ1) is 7.77. The Kier molecular flexibility index (Phi) is 3.56. The molecule has 92 valence electrons. The van der Waals surface area contributed by atoms with Crippen LogP contribution in [-0.4, -0.2) is 17.0 Å². The molecule has 4 nitrogen and oxygen atoms in total. The first-order valence-electron chi connectivity index (χ1n) is 5.29. The molecular formula is C13H16O4. The molecule has 0 unspecified atom stereocenters. The molecule has 0 atom stereocenters. The monoisotopic (exact) mass is 236 g/mol. The minimum atomic E-state index is -0.958. The summed E-state index contributed by atoms with van der Waals surface area (Å²) in [4.78, 5) is 22.2. The minimum absolute atomic E-state index is 0.288. The van der Waals surface area contributed by atoms with Gasteiger partial charge in [-0.3, -0.25) is 4.79 Å². The zero-order chi connectivity index (χ0) is 13.3. The van der Waals surface area contributed by atoms with E-state index in [0.717, 1.165) is 0 Å². The second-order valence-corrected chi connectivity index (χ2v) is 4.10. The fraction of sp³-hybridized carbons (Fsp3) is 0.385. The molecule has 0 spiro atoms. The Hall–Kier alpha value is -1.84. The Bertz CT molecular complexity index is 472. The first kappa shape index (κ1) is 13.2. The quantitative estimate of drug-likeness (QED) is 0.633. The molecule has 1 rings (SSSR count). The van der Waals surface area contributed by atoms with Crippen LogP contribution >= 0.6 is 0 Å². The van der Waals surface area contributed by atoms with Gasteiger partial charge in [-0.25, -0.2) is 4.79 Å². The summed E-state index contributed by atoms with van der Waals surface area (Å²) in [5.41, 5.74) is 2.95. The molecule has 0 fully saturated rings. The van der Waals surface area contributed by atoms with E-state index in [1.807, 2.05) is 0 Å². The third-order valence-corrected chi connectivity index (χ3v) is 3.02. The highest BCUT2D eigenvalue weighted by Crippen LogP contribution is 2.32. The molecule has 0 saturated carbocycles. The molecule has 0 aliphatic rings. The van der Waals surface area contributed by atoms with Crippen molar-refractivity contribution in [3.63, 3.8) is 0 Å². The van der Waals surface area contributed by atoms with E-state index in [2.05, 4.69) is 0 Å². The maximum Gasteiger partial charge on any atom is 0.336 e. The van der Waals surface area contributed by atoms with Gasteiger partial charge in [0.1, 0.15) is 5.75 Å². The van der Waals surface area contributed by atoms with Crippen LogP contribution in [0, 0.1) is 27.7 Å². The van der Waals surface area contributed by atoms with Crippen molar-refractivity contribution in [1.82, 2.24) is 0 Å². The molecule has 0 radical (unpaired) electrons. The molecule has 1 aromatic rings. The van der Waals surface area contributed by atoms with Crippen molar-refractivity contribution >= 4 is 11.9 Å². The van der Waals surface area contributed by atoms with E-state index in [4.69, 9.17) is 9.84 Å². The number of aromatic carboxylic acids is 1.